The lowest BCUT2D eigenvalue weighted by atomic mass is 9.76. The molecule has 0 amide bonds. The molecule has 0 fully saturated rings. The molecule has 84 valence electrons. The smallest absolute Gasteiger partial charge is 0.195 e. The van der Waals surface area contributed by atoms with Crippen molar-refractivity contribution in [2.24, 2.45) is 0 Å². The van der Waals surface area contributed by atoms with Crippen LogP contribution in [-0.4, -0.2) is 40.4 Å². The minimum absolute atomic E-state index is 0.0896. The number of rotatable bonds is 0. The van der Waals surface area contributed by atoms with E-state index in [0.717, 1.165) is 5.57 Å². The molecule has 1 aliphatic carbocycles. The van der Waals surface area contributed by atoms with Gasteiger partial charge in [-0.1, -0.05) is 5.57 Å². The molecule has 0 unspecified atom stereocenters. The summed E-state index contributed by atoms with van der Waals surface area (Å²) in [5.41, 5.74) is -0.149. The van der Waals surface area contributed by atoms with Gasteiger partial charge in [0.2, 0.25) is 0 Å². The number of Topliss-reactive ketones (excluding diaryl/α,β-unsaturated/α-hetero) is 1. The van der Waals surface area contributed by atoms with E-state index < -0.39 is 11.7 Å². The van der Waals surface area contributed by atoms with Crippen LogP contribution in [-0.2, 0) is 9.53 Å². The molecule has 4 heteroatoms. The molecule has 0 aromatic carbocycles. The third-order valence-electron chi connectivity index (χ3n) is 3.30. The van der Waals surface area contributed by atoms with Gasteiger partial charge in [-0.25, -0.2) is 0 Å². The van der Waals surface area contributed by atoms with Crippen molar-refractivity contribution in [3.8, 4) is 0 Å². The highest BCUT2D eigenvalue weighted by atomic mass is 16.5. The summed E-state index contributed by atoms with van der Waals surface area (Å²) in [6.07, 6.45) is 0.150. The highest BCUT2D eigenvalue weighted by Crippen LogP contribution is 2.35. The monoisotopic (exact) mass is 212 g/mol. The van der Waals surface area contributed by atoms with Gasteiger partial charge in [0.05, 0.1) is 18.8 Å². The zero-order valence-electron chi connectivity index (χ0n) is 8.99. The number of aliphatic hydroxyl groups is 2. The number of hydrogen-bond acceptors (Lipinski definition) is 4. The van der Waals surface area contributed by atoms with Gasteiger partial charge in [0.15, 0.2) is 11.4 Å². The third kappa shape index (κ3) is 1.62. The first-order chi connectivity index (χ1) is 6.93. The van der Waals surface area contributed by atoms with E-state index in [1.165, 1.54) is 6.92 Å². The Morgan fingerprint density at radius 1 is 1.47 bits per heavy atom. The standard InChI is InChI=1S/C11H16O4/c1-6-3-7-4-9(12)11(2,14)10(13)8(7)5-15-6/h6,9,12,14H,3-5H2,1-2H3/t6-,9+,11-/m0/s1. The van der Waals surface area contributed by atoms with Crippen LogP contribution in [0.2, 0.25) is 0 Å². The topological polar surface area (TPSA) is 66.8 Å². The molecule has 4 nitrogen and oxygen atoms in total. The van der Waals surface area contributed by atoms with Crippen LogP contribution >= 0.6 is 0 Å². The molecule has 0 saturated heterocycles. The fourth-order valence-electron chi connectivity index (χ4n) is 2.18. The summed E-state index contributed by atoms with van der Waals surface area (Å²) in [5.74, 6) is -0.386. The fourth-order valence-corrected chi connectivity index (χ4v) is 2.18. The lowest BCUT2D eigenvalue weighted by Crippen LogP contribution is -2.52. The van der Waals surface area contributed by atoms with E-state index in [9.17, 15) is 15.0 Å². The van der Waals surface area contributed by atoms with Crippen LogP contribution in [0.25, 0.3) is 0 Å². The molecule has 2 aliphatic rings. The van der Waals surface area contributed by atoms with Crippen LogP contribution in [0.5, 0.6) is 0 Å². The van der Waals surface area contributed by atoms with Gasteiger partial charge in [-0.2, -0.15) is 0 Å². The summed E-state index contributed by atoms with van der Waals surface area (Å²) in [6, 6.07) is 0. The third-order valence-corrected chi connectivity index (χ3v) is 3.30. The van der Waals surface area contributed by atoms with Crippen LogP contribution in [0.1, 0.15) is 26.7 Å². The first-order valence-electron chi connectivity index (χ1n) is 5.20. The average Bonchev–Trinajstić information content (AvgIpc) is 2.15. The van der Waals surface area contributed by atoms with Crippen molar-refractivity contribution in [3.63, 3.8) is 0 Å². The Kier molecular flexibility index (Phi) is 2.45. The van der Waals surface area contributed by atoms with E-state index >= 15 is 0 Å². The fraction of sp³-hybridized carbons (Fsp3) is 0.727. The zero-order chi connectivity index (χ0) is 11.2. The minimum atomic E-state index is -1.65. The predicted octanol–water partition coefficient (Wildman–Crippen LogP) is 0.176. The van der Waals surface area contributed by atoms with E-state index in [-0.39, 0.29) is 18.5 Å². The van der Waals surface area contributed by atoms with Crippen LogP contribution in [0.3, 0.4) is 0 Å². The molecule has 0 radical (unpaired) electrons. The largest absolute Gasteiger partial charge is 0.389 e. The van der Waals surface area contributed by atoms with Crippen molar-refractivity contribution in [2.45, 2.75) is 44.5 Å². The van der Waals surface area contributed by atoms with Crippen molar-refractivity contribution >= 4 is 5.78 Å². The quantitative estimate of drug-likeness (QED) is 0.601. The highest BCUT2D eigenvalue weighted by Gasteiger charge is 2.46. The average molecular weight is 212 g/mol. The first-order valence-corrected chi connectivity index (χ1v) is 5.20. The van der Waals surface area contributed by atoms with Crippen molar-refractivity contribution < 1.29 is 19.7 Å². The molecule has 0 aromatic rings. The molecule has 3 atom stereocenters. The zero-order valence-corrected chi connectivity index (χ0v) is 8.99. The predicted molar refractivity (Wildman–Crippen MR) is 53.3 cm³/mol. The molecule has 0 bridgehead atoms. The van der Waals surface area contributed by atoms with E-state index in [4.69, 9.17) is 4.74 Å². The summed E-state index contributed by atoms with van der Waals surface area (Å²) in [6.45, 7) is 3.56. The number of hydrogen-bond donors (Lipinski definition) is 2. The van der Waals surface area contributed by atoms with Crippen LogP contribution in [0.15, 0.2) is 11.1 Å². The highest BCUT2D eigenvalue weighted by molar-refractivity contribution is 6.04. The normalized spacial score (nSPS) is 41.7. The van der Waals surface area contributed by atoms with Crippen molar-refractivity contribution in [2.75, 3.05) is 6.61 Å². The van der Waals surface area contributed by atoms with Gasteiger partial charge in [0.25, 0.3) is 0 Å². The van der Waals surface area contributed by atoms with Crippen LogP contribution < -0.4 is 0 Å². The lowest BCUT2D eigenvalue weighted by molar-refractivity contribution is -0.147. The number of ether oxygens (including phenoxy) is 1. The van der Waals surface area contributed by atoms with Crippen LogP contribution in [0.4, 0.5) is 0 Å². The van der Waals surface area contributed by atoms with Gasteiger partial charge in [-0.3, -0.25) is 4.79 Å². The maximum absolute atomic E-state index is 11.9. The Morgan fingerprint density at radius 2 is 2.13 bits per heavy atom. The molecule has 2 N–H and O–H groups in total. The minimum Gasteiger partial charge on any atom is -0.389 e. The van der Waals surface area contributed by atoms with E-state index in [0.29, 0.717) is 18.4 Å². The van der Waals surface area contributed by atoms with Gasteiger partial charge in [-0.05, 0) is 26.7 Å². The Bertz CT molecular complexity index is 329. The Labute approximate surface area is 88.6 Å². The lowest BCUT2D eigenvalue weighted by Gasteiger charge is -2.38. The maximum atomic E-state index is 11.9. The molecule has 1 aliphatic heterocycles. The summed E-state index contributed by atoms with van der Waals surface area (Å²) < 4.78 is 5.37. The number of carbonyl (C=O) groups excluding carboxylic acids is 1. The summed E-state index contributed by atoms with van der Waals surface area (Å²) >= 11 is 0. The summed E-state index contributed by atoms with van der Waals surface area (Å²) in [4.78, 5) is 11.9. The number of aliphatic hydroxyl groups excluding tert-OH is 1. The number of carbonyl (C=O) groups is 1. The van der Waals surface area contributed by atoms with E-state index in [1.54, 1.807) is 0 Å². The summed E-state index contributed by atoms with van der Waals surface area (Å²) in [5, 5.41) is 19.5. The van der Waals surface area contributed by atoms with Gasteiger partial charge in [0.1, 0.15) is 0 Å². The molecule has 0 aromatic heterocycles. The van der Waals surface area contributed by atoms with E-state index in [1.807, 2.05) is 6.92 Å². The molecule has 1 heterocycles. The molecular formula is C11H16O4. The van der Waals surface area contributed by atoms with Gasteiger partial charge < -0.3 is 14.9 Å². The second-order valence-electron chi connectivity index (χ2n) is 4.60. The second-order valence-corrected chi connectivity index (χ2v) is 4.60. The second kappa shape index (κ2) is 3.40. The van der Waals surface area contributed by atoms with Crippen molar-refractivity contribution in [3.05, 3.63) is 11.1 Å². The molecule has 2 rings (SSSR count). The van der Waals surface area contributed by atoms with Crippen molar-refractivity contribution in [1.29, 1.82) is 0 Å². The SMILES string of the molecule is C[C@H]1CC2=C(CO1)C(=O)[C@@](C)(O)[C@H](O)C2. The maximum Gasteiger partial charge on any atom is 0.195 e. The van der Waals surface area contributed by atoms with E-state index in [2.05, 4.69) is 0 Å². The first kappa shape index (κ1) is 10.8. The summed E-state index contributed by atoms with van der Waals surface area (Å²) in [7, 11) is 0. The van der Waals surface area contributed by atoms with Crippen LogP contribution in [0, 0.1) is 0 Å². The van der Waals surface area contributed by atoms with Gasteiger partial charge >= 0.3 is 0 Å². The molecular weight excluding hydrogens is 196 g/mol. The Morgan fingerprint density at radius 3 is 2.80 bits per heavy atom. The Hall–Kier alpha value is -0.710. The number of ketones is 1. The molecule has 15 heavy (non-hydrogen) atoms. The van der Waals surface area contributed by atoms with Crippen molar-refractivity contribution in [1.82, 2.24) is 0 Å². The molecule has 0 saturated carbocycles. The molecule has 0 spiro atoms. The van der Waals surface area contributed by atoms with Gasteiger partial charge in [0, 0.05) is 5.57 Å². The Balaban J connectivity index is 2.35. The van der Waals surface area contributed by atoms with Gasteiger partial charge in [-0.15, -0.1) is 0 Å².